The van der Waals surface area contributed by atoms with Crippen LogP contribution in [0.15, 0.2) is 70.8 Å². The number of aryl methyl sites for hydroxylation is 1. The average Bonchev–Trinajstić information content (AvgIpc) is 3.11. The molecule has 0 saturated heterocycles. The molecule has 0 aliphatic heterocycles. The molecule has 3 aromatic rings. The number of carbonyl (C=O) groups excluding carboxylic acids is 1. The highest BCUT2D eigenvalue weighted by molar-refractivity contribution is 6.30. The number of carbonyl (C=O) groups is 1. The summed E-state index contributed by atoms with van der Waals surface area (Å²) in [5, 5.41) is 13.0. The number of allylic oxidation sites excluding steroid dienone is 1. The summed E-state index contributed by atoms with van der Waals surface area (Å²) in [7, 11) is 1.58. The number of hydrogen-bond donors (Lipinski definition) is 1. The van der Waals surface area contributed by atoms with E-state index in [0.29, 0.717) is 22.1 Å². The smallest absolute Gasteiger partial charge is 0.208 e. The summed E-state index contributed by atoms with van der Waals surface area (Å²) >= 11 is 5.91. The van der Waals surface area contributed by atoms with E-state index >= 15 is 0 Å². The second kappa shape index (κ2) is 8.47. The molecule has 1 aromatic heterocycles. The molecule has 28 heavy (non-hydrogen) atoms. The molecule has 140 valence electrons. The molecule has 1 heterocycles. The third-order valence-electron chi connectivity index (χ3n) is 4.13. The van der Waals surface area contributed by atoms with Gasteiger partial charge in [-0.25, -0.2) is 0 Å². The van der Waals surface area contributed by atoms with Crippen molar-refractivity contribution in [1.29, 1.82) is 5.26 Å². The summed E-state index contributed by atoms with van der Waals surface area (Å²) in [5.74, 6) is 1.29. The summed E-state index contributed by atoms with van der Waals surface area (Å²) in [4.78, 5) is 12.8. The summed E-state index contributed by atoms with van der Waals surface area (Å²) in [5.41, 5.74) is 1.84. The Morgan fingerprint density at radius 3 is 2.46 bits per heavy atom. The van der Waals surface area contributed by atoms with Gasteiger partial charge in [0.15, 0.2) is 0 Å². The summed E-state index contributed by atoms with van der Waals surface area (Å²) in [6, 6.07) is 17.8. The minimum Gasteiger partial charge on any atom is -0.497 e. The molecule has 0 amide bonds. The molecule has 1 N–H and O–H groups in total. The largest absolute Gasteiger partial charge is 0.497 e. The van der Waals surface area contributed by atoms with E-state index in [4.69, 9.17) is 20.8 Å². The maximum Gasteiger partial charge on any atom is 0.208 e. The number of methoxy groups -OCH3 is 1. The molecule has 3 rings (SSSR count). The Balaban J connectivity index is 1.82. The van der Waals surface area contributed by atoms with E-state index in [-0.39, 0.29) is 5.57 Å². The molecule has 0 saturated carbocycles. The molecule has 0 aliphatic carbocycles. The summed E-state index contributed by atoms with van der Waals surface area (Å²) in [6.07, 6.45) is 1.39. The molecule has 0 aliphatic rings. The lowest BCUT2D eigenvalue weighted by atomic mass is 10.0. The highest BCUT2D eigenvalue weighted by Gasteiger charge is 2.19. The fraction of sp³-hybridized carbons (Fsp3) is 0.0909. The number of anilines is 1. The fourth-order valence-electron chi connectivity index (χ4n) is 2.60. The van der Waals surface area contributed by atoms with Crippen LogP contribution in [0.1, 0.15) is 16.1 Å². The average molecular weight is 393 g/mol. The van der Waals surface area contributed by atoms with Crippen LogP contribution in [-0.4, -0.2) is 12.9 Å². The van der Waals surface area contributed by atoms with Crippen molar-refractivity contribution in [1.82, 2.24) is 0 Å². The van der Waals surface area contributed by atoms with E-state index in [2.05, 4.69) is 5.32 Å². The molecule has 0 radical (unpaired) electrons. The quantitative estimate of drug-likeness (QED) is 0.335. The van der Waals surface area contributed by atoms with Crippen LogP contribution in [0.25, 0.3) is 11.3 Å². The third-order valence-corrected chi connectivity index (χ3v) is 4.38. The number of furan rings is 1. The monoisotopic (exact) mass is 392 g/mol. The van der Waals surface area contributed by atoms with Gasteiger partial charge >= 0.3 is 0 Å². The molecule has 0 unspecified atom stereocenters. The summed E-state index contributed by atoms with van der Waals surface area (Å²) in [6.45, 7) is 1.69. The van der Waals surface area contributed by atoms with E-state index in [0.717, 1.165) is 17.0 Å². The number of rotatable bonds is 6. The van der Waals surface area contributed by atoms with Crippen LogP contribution in [0.3, 0.4) is 0 Å². The van der Waals surface area contributed by atoms with Crippen LogP contribution < -0.4 is 10.1 Å². The van der Waals surface area contributed by atoms with Gasteiger partial charge in [-0.05, 0) is 61.5 Å². The van der Waals surface area contributed by atoms with Crippen molar-refractivity contribution in [2.45, 2.75) is 6.92 Å². The molecular formula is C22H17ClN2O3. The van der Waals surface area contributed by atoms with E-state index < -0.39 is 5.78 Å². The Morgan fingerprint density at radius 2 is 1.86 bits per heavy atom. The SMILES string of the molecule is COc1ccc(N/C=C(\C#N)C(=O)c2cc(-c3ccc(Cl)cc3)oc2C)cc1. The van der Waals surface area contributed by atoms with E-state index in [9.17, 15) is 10.1 Å². The normalized spacial score (nSPS) is 11.0. The van der Waals surface area contributed by atoms with Gasteiger partial charge in [-0.2, -0.15) is 5.26 Å². The van der Waals surface area contributed by atoms with Crippen molar-refractivity contribution < 1.29 is 13.9 Å². The van der Waals surface area contributed by atoms with E-state index in [1.54, 1.807) is 68.6 Å². The first kappa shape index (κ1) is 19.3. The molecule has 0 spiro atoms. The van der Waals surface area contributed by atoms with Crippen LogP contribution >= 0.6 is 11.6 Å². The molecule has 0 fully saturated rings. The minimum absolute atomic E-state index is 0.0256. The van der Waals surface area contributed by atoms with Gasteiger partial charge in [-0.1, -0.05) is 11.6 Å². The van der Waals surface area contributed by atoms with E-state index in [1.165, 1.54) is 6.20 Å². The highest BCUT2D eigenvalue weighted by Crippen LogP contribution is 2.28. The van der Waals surface area contributed by atoms with Crippen LogP contribution in [0, 0.1) is 18.3 Å². The van der Waals surface area contributed by atoms with E-state index in [1.807, 2.05) is 6.07 Å². The van der Waals surface area contributed by atoms with Crippen molar-refractivity contribution in [3.63, 3.8) is 0 Å². The highest BCUT2D eigenvalue weighted by atomic mass is 35.5. The number of benzene rings is 2. The molecular weight excluding hydrogens is 376 g/mol. The van der Waals surface area contributed by atoms with Crippen LogP contribution in [-0.2, 0) is 0 Å². The molecule has 6 heteroatoms. The Labute approximate surface area is 167 Å². The number of hydrogen-bond acceptors (Lipinski definition) is 5. The van der Waals surface area contributed by atoms with Crippen molar-refractivity contribution in [3.05, 3.63) is 82.7 Å². The van der Waals surface area contributed by atoms with Gasteiger partial charge in [0.1, 0.15) is 28.9 Å². The van der Waals surface area contributed by atoms with Crippen molar-refractivity contribution in [2.75, 3.05) is 12.4 Å². The number of halogens is 1. The van der Waals surface area contributed by atoms with Gasteiger partial charge in [0, 0.05) is 22.5 Å². The zero-order valence-corrected chi connectivity index (χ0v) is 16.1. The molecule has 5 nitrogen and oxygen atoms in total. The van der Waals surface area contributed by atoms with Gasteiger partial charge in [0.05, 0.1) is 12.7 Å². The molecule has 0 bridgehead atoms. The van der Waals surface area contributed by atoms with Crippen molar-refractivity contribution >= 4 is 23.1 Å². The van der Waals surface area contributed by atoms with Gasteiger partial charge < -0.3 is 14.5 Å². The van der Waals surface area contributed by atoms with Gasteiger partial charge in [-0.3, -0.25) is 4.79 Å². The Morgan fingerprint density at radius 1 is 1.18 bits per heavy atom. The number of nitriles is 1. The van der Waals surface area contributed by atoms with Crippen molar-refractivity contribution in [3.8, 4) is 23.1 Å². The topological polar surface area (TPSA) is 75.3 Å². The minimum atomic E-state index is -0.412. The second-order valence-corrected chi connectivity index (χ2v) is 6.40. The van der Waals surface area contributed by atoms with Gasteiger partial charge in [0.25, 0.3) is 0 Å². The zero-order valence-electron chi connectivity index (χ0n) is 15.3. The van der Waals surface area contributed by atoms with Gasteiger partial charge in [0.2, 0.25) is 5.78 Å². The van der Waals surface area contributed by atoms with Crippen LogP contribution in [0.4, 0.5) is 5.69 Å². The Hall–Kier alpha value is -3.49. The standard InChI is InChI=1S/C22H17ClN2O3/c1-14-20(11-21(28-14)15-3-5-17(23)6-4-15)22(26)16(12-24)13-25-18-7-9-19(27-2)10-8-18/h3-11,13,25H,1-2H3/b16-13+. The number of nitrogens with one attached hydrogen (secondary N) is 1. The predicted molar refractivity (Wildman–Crippen MR) is 109 cm³/mol. The number of ketones is 1. The maximum absolute atomic E-state index is 12.8. The molecule has 0 atom stereocenters. The van der Waals surface area contributed by atoms with Crippen molar-refractivity contribution in [2.24, 2.45) is 0 Å². The first-order chi connectivity index (χ1) is 13.5. The fourth-order valence-corrected chi connectivity index (χ4v) is 2.73. The lowest BCUT2D eigenvalue weighted by Gasteiger charge is -2.04. The Bertz CT molecular complexity index is 1060. The predicted octanol–water partition coefficient (Wildman–Crippen LogP) is 5.62. The second-order valence-electron chi connectivity index (χ2n) is 5.96. The van der Waals surface area contributed by atoms with Crippen LogP contribution in [0.2, 0.25) is 5.02 Å². The first-order valence-corrected chi connectivity index (χ1v) is 8.81. The molecule has 2 aromatic carbocycles. The number of nitrogens with zero attached hydrogens (tertiary/aromatic N) is 1. The number of ether oxygens (including phenoxy) is 1. The first-order valence-electron chi connectivity index (χ1n) is 8.43. The lowest BCUT2D eigenvalue weighted by Crippen LogP contribution is -2.04. The van der Waals surface area contributed by atoms with Crippen LogP contribution in [0.5, 0.6) is 5.75 Å². The third kappa shape index (κ3) is 4.25. The maximum atomic E-state index is 12.8. The lowest BCUT2D eigenvalue weighted by molar-refractivity contribution is 0.103. The number of Topliss-reactive ketones (excluding diaryl/α,β-unsaturated/α-hetero) is 1. The summed E-state index contributed by atoms with van der Waals surface area (Å²) < 4.78 is 10.8. The Kier molecular flexibility index (Phi) is 5.83. The van der Waals surface area contributed by atoms with Gasteiger partial charge in [-0.15, -0.1) is 0 Å². The zero-order chi connectivity index (χ0) is 20.1.